The Morgan fingerprint density at radius 2 is 1.95 bits per heavy atom. The third kappa shape index (κ3) is 3.95. The molecule has 5 heteroatoms. The molecule has 1 saturated heterocycles. The summed E-state index contributed by atoms with van der Waals surface area (Å²) >= 11 is 0. The van der Waals surface area contributed by atoms with E-state index in [2.05, 4.69) is 5.32 Å². The zero-order chi connectivity index (χ0) is 14.6. The average molecular weight is 282 g/mol. The number of piperidine rings is 1. The first-order valence-corrected chi connectivity index (χ1v) is 7.76. The molecule has 0 aromatic carbocycles. The van der Waals surface area contributed by atoms with Crippen LogP contribution < -0.4 is 5.32 Å². The number of carbonyl (C=O) groups excluding carboxylic acids is 2. The van der Waals surface area contributed by atoms with Crippen LogP contribution in [0.1, 0.15) is 51.9 Å². The van der Waals surface area contributed by atoms with Gasteiger partial charge in [-0.05, 0) is 25.7 Å². The number of amides is 2. The van der Waals surface area contributed by atoms with Crippen LogP contribution in [-0.2, 0) is 9.59 Å². The first-order valence-electron chi connectivity index (χ1n) is 7.76. The van der Waals surface area contributed by atoms with Gasteiger partial charge in [0.25, 0.3) is 0 Å². The van der Waals surface area contributed by atoms with E-state index in [0.29, 0.717) is 13.1 Å². The second-order valence-electron chi connectivity index (χ2n) is 6.31. The van der Waals surface area contributed by atoms with E-state index >= 15 is 0 Å². The lowest BCUT2D eigenvalue weighted by atomic mass is 9.84. The number of hydrogen-bond acceptors (Lipinski definition) is 3. The number of nitrogens with one attached hydrogen (secondary N) is 1. The first kappa shape index (κ1) is 15.3. The van der Waals surface area contributed by atoms with E-state index in [1.165, 1.54) is 6.42 Å². The minimum atomic E-state index is -0.719. The molecule has 5 nitrogen and oxygen atoms in total. The maximum absolute atomic E-state index is 12.2. The van der Waals surface area contributed by atoms with Crippen LogP contribution in [0.3, 0.4) is 0 Å². The van der Waals surface area contributed by atoms with Crippen molar-refractivity contribution >= 4 is 11.8 Å². The molecule has 2 rings (SSSR count). The summed E-state index contributed by atoms with van der Waals surface area (Å²) in [5, 5.41) is 13.3. The SMILES string of the molecule is CC(=O)N1CCCC(C(=O)NCC2(O)CCCCC2)C1. The molecule has 1 saturated carbocycles. The van der Waals surface area contributed by atoms with Gasteiger partial charge in [-0.3, -0.25) is 9.59 Å². The van der Waals surface area contributed by atoms with Crippen molar-refractivity contribution in [3.63, 3.8) is 0 Å². The molecule has 0 radical (unpaired) electrons. The van der Waals surface area contributed by atoms with E-state index in [1.54, 1.807) is 11.8 Å². The molecule has 1 atom stereocenters. The fourth-order valence-corrected chi connectivity index (χ4v) is 3.26. The number of likely N-dealkylation sites (tertiary alicyclic amines) is 1. The van der Waals surface area contributed by atoms with Crippen molar-refractivity contribution in [2.24, 2.45) is 5.92 Å². The quantitative estimate of drug-likeness (QED) is 0.813. The molecular formula is C15H26N2O3. The minimum absolute atomic E-state index is 0.0186. The van der Waals surface area contributed by atoms with Gasteiger partial charge in [0, 0.05) is 26.6 Å². The van der Waals surface area contributed by atoms with Crippen LogP contribution in [0, 0.1) is 5.92 Å². The molecule has 114 valence electrons. The second kappa shape index (κ2) is 6.57. The molecule has 0 aromatic rings. The highest BCUT2D eigenvalue weighted by Gasteiger charge is 2.32. The normalized spacial score (nSPS) is 26.1. The van der Waals surface area contributed by atoms with Gasteiger partial charge >= 0.3 is 0 Å². The second-order valence-corrected chi connectivity index (χ2v) is 6.31. The van der Waals surface area contributed by atoms with Crippen molar-refractivity contribution in [2.75, 3.05) is 19.6 Å². The largest absolute Gasteiger partial charge is 0.388 e. The third-order valence-corrected chi connectivity index (χ3v) is 4.61. The van der Waals surface area contributed by atoms with Gasteiger partial charge in [-0.25, -0.2) is 0 Å². The molecular weight excluding hydrogens is 256 g/mol. The predicted octanol–water partition coefficient (Wildman–Crippen LogP) is 1.06. The Morgan fingerprint density at radius 1 is 1.25 bits per heavy atom. The molecule has 1 aliphatic carbocycles. The smallest absolute Gasteiger partial charge is 0.225 e. The highest BCUT2D eigenvalue weighted by atomic mass is 16.3. The summed E-state index contributed by atoms with van der Waals surface area (Å²) in [6, 6.07) is 0. The van der Waals surface area contributed by atoms with E-state index in [4.69, 9.17) is 0 Å². The van der Waals surface area contributed by atoms with E-state index in [0.717, 1.165) is 45.1 Å². The van der Waals surface area contributed by atoms with Gasteiger partial charge in [-0.1, -0.05) is 19.3 Å². The summed E-state index contributed by atoms with van der Waals surface area (Å²) in [4.78, 5) is 25.3. The van der Waals surface area contributed by atoms with Crippen LogP contribution in [0.5, 0.6) is 0 Å². The zero-order valence-corrected chi connectivity index (χ0v) is 12.4. The van der Waals surface area contributed by atoms with E-state index in [9.17, 15) is 14.7 Å². The predicted molar refractivity (Wildman–Crippen MR) is 76.0 cm³/mol. The van der Waals surface area contributed by atoms with E-state index in [1.807, 2.05) is 0 Å². The minimum Gasteiger partial charge on any atom is -0.388 e. The fourth-order valence-electron chi connectivity index (χ4n) is 3.26. The molecule has 0 spiro atoms. The van der Waals surface area contributed by atoms with E-state index < -0.39 is 5.60 Å². The molecule has 1 heterocycles. The van der Waals surface area contributed by atoms with Crippen LogP contribution in [0.25, 0.3) is 0 Å². The van der Waals surface area contributed by atoms with E-state index in [-0.39, 0.29) is 17.7 Å². The van der Waals surface area contributed by atoms with Gasteiger partial charge < -0.3 is 15.3 Å². The summed E-state index contributed by atoms with van der Waals surface area (Å²) in [5.41, 5.74) is -0.719. The highest BCUT2D eigenvalue weighted by molar-refractivity contribution is 5.80. The van der Waals surface area contributed by atoms with Gasteiger partial charge in [0.2, 0.25) is 11.8 Å². The lowest BCUT2D eigenvalue weighted by molar-refractivity contribution is -0.134. The molecule has 2 amide bonds. The Morgan fingerprint density at radius 3 is 2.60 bits per heavy atom. The van der Waals surface area contributed by atoms with Crippen molar-refractivity contribution in [3.8, 4) is 0 Å². The molecule has 0 aromatic heterocycles. The first-order chi connectivity index (χ1) is 9.50. The summed E-state index contributed by atoms with van der Waals surface area (Å²) in [6.45, 7) is 3.16. The van der Waals surface area contributed by atoms with Crippen molar-refractivity contribution in [3.05, 3.63) is 0 Å². The van der Waals surface area contributed by atoms with Gasteiger partial charge in [-0.15, -0.1) is 0 Å². The number of nitrogens with zero attached hydrogens (tertiary/aromatic N) is 1. The van der Waals surface area contributed by atoms with Gasteiger partial charge in [0.15, 0.2) is 0 Å². The molecule has 1 aliphatic heterocycles. The van der Waals surface area contributed by atoms with Crippen LogP contribution in [0.4, 0.5) is 0 Å². The topological polar surface area (TPSA) is 69.6 Å². The number of aliphatic hydroxyl groups is 1. The average Bonchev–Trinajstić information content (AvgIpc) is 2.46. The monoisotopic (exact) mass is 282 g/mol. The number of hydrogen-bond donors (Lipinski definition) is 2. The number of rotatable bonds is 3. The zero-order valence-electron chi connectivity index (χ0n) is 12.4. The molecule has 2 aliphatic rings. The molecule has 0 bridgehead atoms. The van der Waals surface area contributed by atoms with Crippen LogP contribution in [-0.4, -0.2) is 47.1 Å². The fraction of sp³-hybridized carbons (Fsp3) is 0.867. The lowest BCUT2D eigenvalue weighted by Gasteiger charge is -2.34. The Hall–Kier alpha value is -1.10. The molecule has 2 fully saturated rings. The van der Waals surface area contributed by atoms with Gasteiger partial charge in [-0.2, -0.15) is 0 Å². The van der Waals surface area contributed by atoms with Crippen molar-refractivity contribution in [1.82, 2.24) is 10.2 Å². The lowest BCUT2D eigenvalue weighted by Crippen LogP contribution is -2.49. The number of carbonyl (C=O) groups is 2. The maximum atomic E-state index is 12.2. The maximum Gasteiger partial charge on any atom is 0.225 e. The summed E-state index contributed by atoms with van der Waals surface area (Å²) in [5.74, 6) is -0.108. The Kier molecular flexibility index (Phi) is 5.02. The van der Waals surface area contributed by atoms with Crippen molar-refractivity contribution < 1.29 is 14.7 Å². The van der Waals surface area contributed by atoms with Gasteiger partial charge in [0.05, 0.1) is 11.5 Å². The van der Waals surface area contributed by atoms with Crippen molar-refractivity contribution in [2.45, 2.75) is 57.5 Å². The third-order valence-electron chi connectivity index (χ3n) is 4.61. The van der Waals surface area contributed by atoms with Gasteiger partial charge in [0.1, 0.15) is 0 Å². The Balaban J connectivity index is 1.80. The van der Waals surface area contributed by atoms with Crippen LogP contribution >= 0.6 is 0 Å². The molecule has 1 unspecified atom stereocenters. The Bertz CT molecular complexity index is 364. The molecule has 2 N–H and O–H groups in total. The Labute approximate surface area is 120 Å². The summed E-state index contributed by atoms with van der Waals surface area (Å²) in [7, 11) is 0. The molecule has 20 heavy (non-hydrogen) atoms. The van der Waals surface area contributed by atoms with Crippen molar-refractivity contribution in [1.29, 1.82) is 0 Å². The van der Waals surface area contributed by atoms with Crippen LogP contribution in [0.2, 0.25) is 0 Å². The standard InChI is InChI=1S/C15H26N2O3/c1-12(18)17-9-5-6-13(10-17)14(19)16-11-15(20)7-3-2-4-8-15/h13,20H,2-11H2,1H3,(H,16,19). The summed E-state index contributed by atoms with van der Waals surface area (Å²) in [6.07, 6.45) is 6.50. The summed E-state index contributed by atoms with van der Waals surface area (Å²) < 4.78 is 0. The van der Waals surface area contributed by atoms with Crippen LogP contribution in [0.15, 0.2) is 0 Å². The highest BCUT2D eigenvalue weighted by Crippen LogP contribution is 2.27.